The molecule has 1 heterocycles. The summed E-state index contributed by atoms with van der Waals surface area (Å²) in [4.78, 5) is 4.15. The lowest BCUT2D eigenvalue weighted by molar-refractivity contribution is 0.489. The summed E-state index contributed by atoms with van der Waals surface area (Å²) < 4.78 is 5.21. The lowest BCUT2D eigenvalue weighted by atomic mass is 10.3. The molecule has 0 fully saturated rings. The summed E-state index contributed by atoms with van der Waals surface area (Å²) in [6.45, 7) is 3.86. The van der Waals surface area contributed by atoms with Crippen molar-refractivity contribution in [1.82, 2.24) is 4.98 Å². The van der Waals surface area contributed by atoms with E-state index in [1.807, 2.05) is 13.8 Å². The molecule has 1 aromatic rings. The van der Waals surface area contributed by atoms with Crippen LogP contribution in [0.1, 0.15) is 24.3 Å². The lowest BCUT2D eigenvalue weighted by Gasteiger charge is -1.88. The van der Waals surface area contributed by atoms with Gasteiger partial charge in [0.15, 0.2) is 5.89 Å². The van der Waals surface area contributed by atoms with Crippen LogP contribution in [0.5, 0.6) is 0 Å². The molecule has 2 nitrogen and oxygen atoms in total. The Morgan fingerprint density at radius 2 is 2.30 bits per heavy atom. The molecular formula is C7H10ClNO. The maximum absolute atomic E-state index is 5.59. The zero-order chi connectivity index (χ0) is 7.56. The first-order valence-corrected chi connectivity index (χ1v) is 3.82. The molecule has 56 valence electrons. The molecule has 0 aromatic carbocycles. The second kappa shape index (κ2) is 3.06. The summed E-state index contributed by atoms with van der Waals surface area (Å²) in [5.74, 6) is 1.93. The van der Waals surface area contributed by atoms with Crippen LogP contribution in [0.2, 0.25) is 0 Å². The summed E-state index contributed by atoms with van der Waals surface area (Å²) in [6, 6.07) is 0. The molecule has 1 aromatic heterocycles. The van der Waals surface area contributed by atoms with E-state index >= 15 is 0 Å². The highest BCUT2D eigenvalue weighted by molar-refractivity contribution is 6.16. The van der Waals surface area contributed by atoms with E-state index in [9.17, 15) is 0 Å². The number of halogens is 1. The Labute approximate surface area is 65.2 Å². The number of aromatic nitrogens is 1. The third-order valence-electron chi connectivity index (χ3n) is 1.34. The Kier molecular flexibility index (Phi) is 2.33. The highest BCUT2D eigenvalue weighted by Crippen LogP contribution is 2.12. The molecule has 0 saturated carbocycles. The largest absolute Gasteiger partial charge is 0.444 e. The van der Waals surface area contributed by atoms with Crippen LogP contribution in [0.4, 0.5) is 0 Å². The van der Waals surface area contributed by atoms with E-state index in [1.165, 1.54) is 0 Å². The van der Waals surface area contributed by atoms with Gasteiger partial charge >= 0.3 is 0 Å². The van der Waals surface area contributed by atoms with Gasteiger partial charge in [0.05, 0.1) is 11.6 Å². The van der Waals surface area contributed by atoms with Gasteiger partial charge in [0.1, 0.15) is 5.76 Å². The fraction of sp³-hybridized carbons (Fsp3) is 0.571. The topological polar surface area (TPSA) is 26.0 Å². The second-order valence-corrected chi connectivity index (χ2v) is 2.36. The third kappa shape index (κ3) is 1.32. The average molecular weight is 160 g/mol. The van der Waals surface area contributed by atoms with E-state index in [0.29, 0.717) is 11.8 Å². The van der Waals surface area contributed by atoms with Crippen LogP contribution in [-0.2, 0) is 12.3 Å². The third-order valence-corrected chi connectivity index (χ3v) is 1.58. The summed E-state index contributed by atoms with van der Waals surface area (Å²) in [5.41, 5.74) is 0.979. The van der Waals surface area contributed by atoms with Crippen molar-refractivity contribution in [3.8, 4) is 0 Å². The van der Waals surface area contributed by atoms with Gasteiger partial charge in [-0.05, 0) is 6.42 Å². The molecule has 0 bridgehead atoms. The maximum Gasteiger partial charge on any atom is 0.191 e. The molecule has 0 aliphatic carbocycles. The summed E-state index contributed by atoms with van der Waals surface area (Å²) in [5, 5.41) is 0. The van der Waals surface area contributed by atoms with Crippen LogP contribution in [0.25, 0.3) is 0 Å². The van der Waals surface area contributed by atoms with Gasteiger partial charge in [0.25, 0.3) is 0 Å². The number of alkyl halides is 1. The SMILES string of the molecule is CCc1nc(C)oc1CCl. The highest BCUT2D eigenvalue weighted by atomic mass is 35.5. The van der Waals surface area contributed by atoms with Crippen molar-refractivity contribution in [2.45, 2.75) is 26.1 Å². The van der Waals surface area contributed by atoms with E-state index in [0.717, 1.165) is 17.9 Å². The maximum atomic E-state index is 5.59. The van der Waals surface area contributed by atoms with Crippen molar-refractivity contribution in [2.75, 3.05) is 0 Å². The van der Waals surface area contributed by atoms with Gasteiger partial charge in [-0.2, -0.15) is 0 Å². The minimum atomic E-state index is 0.421. The first-order chi connectivity index (χ1) is 4.77. The molecule has 10 heavy (non-hydrogen) atoms. The molecule has 0 atom stereocenters. The minimum Gasteiger partial charge on any atom is -0.444 e. The Bertz CT molecular complexity index is 198. The standard InChI is InChI=1S/C7H10ClNO/c1-3-6-7(4-8)10-5(2)9-6/h3-4H2,1-2H3. The molecule has 0 unspecified atom stereocenters. The molecule has 0 aliphatic rings. The van der Waals surface area contributed by atoms with Crippen LogP contribution < -0.4 is 0 Å². The zero-order valence-corrected chi connectivity index (χ0v) is 6.90. The Balaban J connectivity index is 2.96. The molecule has 0 N–H and O–H groups in total. The monoisotopic (exact) mass is 159 g/mol. The predicted octanol–water partition coefficient (Wildman–Crippen LogP) is 2.28. The number of oxazole rings is 1. The fourth-order valence-corrected chi connectivity index (χ4v) is 1.10. The first-order valence-electron chi connectivity index (χ1n) is 3.29. The normalized spacial score (nSPS) is 10.3. The summed E-state index contributed by atoms with van der Waals surface area (Å²) >= 11 is 5.59. The fourth-order valence-electron chi connectivity index (χ4n) is 0.893. The number of rotatable bonds is 2. The quantitative estimate of drug-likeness (QED) is 0.619. The number of hydrogen-bond acceptors (Lipinski definition) is 2. The lowest BCUT2D eigenvalue weighted by Crippen LogP contribution is -1.84. The van der Waals surface area contributed by atoms with Gasteiger partial charge < -0.3 is 4.42 Å². The predicted molar refractivity (Wildman–Crippen MR) is 40.2 cm³/mol. The van der Waals surface area contributed by atoms with Crippen molar-refractivity contribution >= 4 is 11.6 Å². The highest BCUT2D eigenvalue weighted by Gasteiger charge is 2.06. The van der Waals surface area contributed by atoms with E-state index < -0.39 is 0 Å². The van der Waals surface area contributed by atoms with Gasteiger partial charge in [-0.15, -0.1) is 11.6 Å². The van der Waals surface area contributed by atoms with E-state index in [2.05, 4.69) is 4.98 Å². The van der Waals surface area contributed by atoms with Crippen LogP contribution in [0.15, 0.2) is 4.42 Å². The molecule has 0 aliphatic heterocycles. The number of nitrogens with zero attached hydrogens (tertiary/aromatic N) is 1. The van der Waals surface area contributed by atoms with Crippen LogP contribution in [0.3, 0.4) is 0 Å². The van der Waals surface area contributed by atoms with Crippen LogP contribution >= 0.6 is 11.6 Å². The molecule has 0 amide bonds. The summed E-state index contributed by atoms with van der Waals surface area (Å²) in [6.07, 6.45) is 0.888. The summed E-state index contributed by atoms with van der Waals surface area (Å²) in [7, 11) is 0. The van der Waals surface area contributed by atoms with Crippen LogP contribution in [-0.4, -0.2) is 4.98 Å². The Morgan fingerprint density at radius 1 is 1.60 bits per heavy atom. The van der Waals surface area contributed by atoms with E-state index in [4.69, 9.17) is 16.0 Å². The van der Waals surface area contributed by atoms with Crippen molar-refractivity contribution in [2.24, 2.45) is 0 Å². The zero-order valence-electron chi connectivity index (χ0n) is 6.15. The molecular weight excluding hydrogens is 150 g/mol. The molecule has 0 saturated heterocycles. The van der Waals surface area contributed by atoms with Crippen molar-refractivity contribution in [3.05, 3.63) is 17.3 Å². The van der Waals surface area contributed by atoms with E-state index in [-0.39, 0.29) is 0 Å². The number of aryl methyl sites for hydroxylation is 2. The number of hydrogen-bond donors (Lipinski definition) is 0. The Hall–Kier alpha value is -0.500. The van der Waals surface area contributed by atoms with Gasteiger partial charge in [-0.25, -0.2) is 4.98 Å². The van der Waals surface area contributed by atoms with Crippen molar-refractivity contribution in [1.29, 1.82) is 0 Å². The van der Waals surface area contributed by atoms with E-state index in [1.54, 1.807) is 0 Å². The molecule has 1 rings (SSSR count). The van der Waals surface area contributed by atoms with Gasteiger partial charge in [0.2, 0.25) is 0 Å². The first kappa shape index (κ1) is 7.61. The van der Waals surface area contributed by atoms with Gasteiger partial charge in [-0.1, -0.05) is 6.92 Å². The molecule has 0 radical (unpaired) electrons. The Morgan fingerprint density at radius 3 is 2.70 bits per heavy atom. The average Bonchev–Trinajstić information content (AvgIpc) is 2.30. The molecule has 3 heteroatoms. The second-order valence-electron chi connectivity index (χ2n) is 2.09. The molecule has 0 spiro atoms. The van der Waals surface area contributed by atoms with Crippen molar-refractivity contribution in [3.63, 3.8) is 0 Å². The minimum absolute atomic E-state index is 0.421. The van der Waals surface area contributed by atoms with Gasteiger partial charge in [-0.3, -0.25) is 0 Å². The van der Waals surface area contributed by atoms with Gasteiger partial charge in [0, 0.05) is 6.92 Å². The smallest absolute Gasteiger partial charge is 0.191 e. The van der Waals surface area contributed by atoms with Crippen molar-refractivity contribution < 1.29 is 4.42 Å². The van der Waals surface area contributed by atoms with Crippen LogP contribution in [0, 0.1) is 6.92 Å².